The quantitative estimate of drug-likeness (QED) is 0.268. The number of phenolic OH excluding ortho intramolecular Hbond substituents is 1. The maximum atomic E-state index is 11.3. The van der Waals surface area contributed by atoms with Crippen LogP contribution in [0.5, 0.6) is 23.0 Å². The largest absolute Gasteiger partial charge is 0.508 e. The van der Waals surface area contributed by atoms with Gasteiger partial charge in [0, 0.05) is 24.7 Å². The molecule has 4 unspecified atom stereocenters. The molecule has 1 fully saturated rings. The molecule has 0 spiro atoms. The third-order valence-corrected chi connectivity index (χ3v) is 7.74. The molecule has 1 saturated heterocycles. The Morgan fingerprint density at radius 2 is 1.70 bits per heavy atom. The number of phenols is 1. The highest BCUT2D eigenvalue weighted by atomic mass is 16.5. The summed E-state index contributed by atoms with van der Waals surface area (Å²) in [5.41, 5.74) is 3.17. The van der Waals surface area contributed by atoms with E-state index in [4.69, 9.17) is 18.9 Å². The average Bonchev–Trinajstić information content (AvgIpc) is 3.46. The van der Waals surface area contributed by atoms with Crippen LogP contribution >= 0.6 is 0 Å². The van der Waals surface area contributed by atoms with Crippen LogP contribution in [0.15, 0.2) is 60.7 Å². The van der Waals surface area contributed by atoms with Crippen LogP contribution < -0.4 is 14.2 Å². The molecule has 40 heavy (non-hydrogen) atoms. The van der Waals surface area contributed by atoms with E-state index in [0.29, 0.717) is 41.5 Å². The van der Waals surface area contributed by atoms with Crippen molar-refractivity contribution in [2.75, 3.05) is 27.9 Å². The predicted molar refractivity (Wildman–Crippen MR) is 153 cm³/mol. The van der Waals surface area contributed by atoms with E-state index >= 15 is 0 Å². The summed E-state index contributed by atoms with van der Waals surface area (Å²) in [5, 5.41) is 31.1. The molecule has 3 aromatic carbocycles. The Labute approximate surface area is 236 Å². The van der Waals surface area contributed by atoms with Gasteiger partial charge in [-0.05, 0) is 60.2 Å². The van der Waals surface area contributed by atoms with Crippen LogP contribution in [0, 0.1) is 0 Å². The number of benzene rings is 3. The molecule has 1 heterocycles. The Hall–Kier alpha value is -3.30. The first-order chi connectivity index (χ1) is 19.4. The monoisotopic (exact) mass is 551 g/mol. The van der Waals surface area contributed by atoms with Crippen LogP contribution in [-0.4, -0.2) is 60.2 Å². The smallest absolute Gasteiger partial charge is 0.203 e. The van der Waals surface area contributed by atoms with E-state index in [1.807, 2.05) is 30.3 Å². The van der Waals surface area contributed by atoms with Gasteiger partial charge in [-0.3, -0.25) is 4.90 Å². The van der Waals surface area contributed by atoms with Crippen LogP contribution in [-0.2, 0) is 17.9 Å². The average molecular weight is 552 g/mol. The second-order valence-electron chi connectivity index (χ2n) is 10.1. The van der Waals surface area contributed by atoms with Gasteiger partial charge in [-0.2, -0.15) is 0 Å². The van der Waals surface area contributed by atoms with Crippen molar-refractivity contribution in [3.05, 3.63) is 82.9 Å². The van der Waals surface area contributed by atoms with Crippen LogP contribution in [0.1, 0.15) is 60.6 Å². The number of ether oxygens (including phenoxy) is 4. The molecule has 216 valence electrons. The van der Waals surface area contributed by atoms with E-state index in [0.717, 1.165) is 30.4 Å². The van der Waals surface area contributed by atoms with Gasteiger partial charge in [-0.1, -0.05) is 43.3 Å². The third kappa shape index (κ3) is 6.53. The molecule has 0 aliphatic carbocycles. The molecule has 1 aliphatic rings. The summed E-state index contributed by atoms with van der Waals surface area (Å²) in [7, 11) is 4.82. The highest BCUT2D eigenvalue weighted by molar-refractivity contribution is 5.56. The van der Waals surface area contributed by atoms with Crippen molar-refractivity contribution in [1.82, 2.24) is 4.90 Å². The molecule has 1 aliphatic heterocycles. The number of hydrogen-bond donors (Lipinski definition) is 3. The molecule has 3 N–H and O–H groups in total. The summed E-state index contributed by atoms with van der Waals surface area (Å²) >= 11 is 0. The first kappa shape index (κ1) is 29.7. The number of aliphatic hydroxyl groups is 2. The Morgan fingerprint density at radius 1 is 0.950 bits per heavy atom. The van der Waals surface area contributed by atoms with Crippen molar-refractivity contribution in [2.45, 2.75) is 63.7 Å². The van der Waals surface area contributed by atoms with Crippen molar-refractivity contribution in [2.24, 2.45) is 0 Å². The molecule has 0 saturated carbocycles. The number of methoxy groups -OCH3 is 3. The fraction of sp³-hybridized carbons (Fsp3) is 0.438. The zero-order valence-corrected chi connectivity index (χ0v) is 23.7. The standard InChI is InChI=1S/C32H41NO7/c1-5-26(29-16-15-28(40-29)25-13-14-30(37-2)32(39-4)31(25)38-3)33(18-21-9-7-6-8-10-21)19-27(36)24-12-11-23(35)17-22(24)20-34/h6-14,17,26-29,34-36H,5,15-16,18-20H2,1-4H3. The Bertz CT molecular complexity index is 1240. The number of aliphatic hydroxyl groups excluding tert-OH is 2. The van der Waals surface area contributed by atoms with Crippen LogP contribution in [0.4, 0.5) is 0 Å². The minimum absolute atomic E-state index is 0.0284. The second-order valence-corrected chi connectivity index (χ2v) is 10.1. The maximum Gasteiger partial charge on any atom is 0.203 e. The van der Waals surface area contributed by atoms with Crippen molar-refractivity contribution in [1.29, 1.82) is 0 Å². The van der Waals surface area contributed by atoms with Crippen molar-refractivity contribution < 1.29 is 34.3 Å². The van der Waals surface area contributed by atoms with Gasteiger partial charge < -0.3 is 34.3 Å². The summed E-state index contributed by atoms with van der Waals surface area (Å²) in [6.07, 6.45) is 1.40. The van der Waals surface area contributed by atoms with E-state index in [-0.39, 0.29) is 30.6 Å². The minimum Gasteiger partial charge on any atom is -0.508 e. The Balaban J connectivity index is 1.60. The zero-order valence-electron chi connectivity index (χ0n) is 23.7. The van der Waals surface area contributed by atoms with Gasteiger partial charge in [0.2, 0.25) is 5.75 Å². The molecule has 3 aromatic rings. The van der Waals surface area contributed by atoms with E-state index in [2.05, 4.69) is 24.0 Å². The van der Waals surface area contributed by atoms with Crippen LogP contribution in [0.2, 0.25) is 0 Å². The molecule has 4 rings (SSSR count). The second kappa shape index (κ2) is 13.9. The first-order valence-electron chi connectivity index (χ1n) is 13.8. The van der Waals surface area contributed by atoms with Gasteiger partial charge in [0.25, 0.3) is 0 Å². The lowest BCUT2D eigenvalue weighted by atomic mass is 9.98. The van der Waals surface area contributed by atoms with Gasteiger partial charge in [-0.25, -0.2) is 0 Å². The zero-order chi connectivity index (χ0) is 28.6. The number of aromatic hydroxyl groups is 1. The van der Waals surface area contributed by atoms with Gasteiger partial charge in [0.15, 0.2) is 11.5 Å². The maximum absolute atomic E-state index is 11.3. The molecule has 8 nitrogen and oxygen atoms in total. The normalized spacial score (nSPS) is 18.5. The summed E-state index contributed by atoms with van der Waals surface area (Å²) in [5.74, 6) is 1.82. The lowest BCUT2D eigenvalue weighted by Crippen LogP contribution is -2.44. The predicted octanol–water partition coefficient (Wildman–Crippen LogP) is 5.14. The first-order valence-corrected chi connectivity index (χ1v) is 13.8. The van der Waals surface area contributed by atoms with Gasteiger partial charge >= 0.3 is 0 Å². The van der Waals surface area contributed by atoms with Gasteiger partial charge in [0.1, 0.15) is 5.75 Å². The molecular formula is C32H41NO7. The summed E-state index contributed by atoms with van der Waals surface area (Å²) in [6.45, 7) is 2.85. The summed E-state index contributed by atoms with van der Waals surface area (Å²) in [4.78, 5) is 2.27. The summed E-state index contributed by atoms with van der Waals surface area (Å²) < 4.78 is 23.5. The number of rotatable bonds is 13. The molecule has 8 heteroatoms. The molecule has 0 amide bonds. The lowest BCUT2D eigenvalue weighted by Gasteiger charge is -2.36. The fourth-order valence-corrected chi connectivity index (χ4v) is 5.82. The molecule has 0 bridgehead atoms. The van der Waals surface area contributed by atoms with E-state index in [9.17, 15) is 15.3 Å². The van der Waals surface area contributed by atoms with Gasteiger partial charge in [0.05, 0.1) is 46.2 Å². The van der Waals surface area contributed by atoms with E-state index in [1.165, 1.54) is 12.1 Å². The Kier molecular flexibility index (Phi) is 10.3. The fourth-order valence-electron chi connectivity index (χ4n) is 5.82. The molecular weight excluding hydrogens is 510 g/mol. The van der Waals surface area contributed by atoms with Crippen molar-refractivity contribution in [3.8, 4) is 23.0 Å². The van der Waals surface area contributed by atoms with Crippen molar-refractivity contribution >= 4 is 0 Å². The van der Waals surface area contributed by atoms with Crippen molar-refractivity contribution in [3.63, 3.8) is 0 Å². The molecule has 0 aromatic heterocycles. The number of nitrogens with zero attached hydrogens (tertiary/aromatic N) is 1. The summed E-state index contributed by atoms with van der Waals surface area (Å²) in [6, 6.07) is 18.8. The third-order valence-electron chi connectivity index (χ3n) is 7.74. The topological polar surface area (TPSA) is 101 Å². The highest BCUT2D eigenvalue weighted by Gasteiger charge is 2.37. The lowest BCUT2D eigenvalue weighted by molar-refractivity contribution is -0.0310. The Morgan fingerprint density at radius 3 is 2.35 bits per heavy atom. The van der Waals surface area contributed by atoms with E-state index in [1.54, 1.807) is 27.4 Å². The van der Waals surface area contributed by atoms with Crippen LogP contribution in [0.25, 0.3) is 0 Å². The van der Waals surface area contributed by atoms with E-state index < -0.39 is 6.10 Å². The SMILES string of the molecule is CCC(C1CCC(c2ccc(OC)c(OC)c2OC)O1)N(Cc1ccccc1)CC(O)c1ccc(O)cc1CO. The van der Waals surface area contributed by atoms with Crippen LogP contribution in [0.3, 0.4) is 0 Å². The molecule has 4 atom stereocenters. The molecule has 0 radical (unpaired) electrons. The van der Waals surface area contributed by atoms with Gasteiger partial charge in [-0.15, -0.1) is 0 Å². The number of hydrogen-bond acceptors (Lipinski definition) is 8. The highest BCUT2D eigenvalue weighted by Crippen LogP contribution is 2.47. The minimum atomic E-state index is -0.858.